The highest BCUT2D eigenvalue weighted by Gasteiger charge is 2.36. The first-order chi connectivity index (χ1) is 14.2. The molecule has 0 spiro atoms. The molecular formula is C21H25N4O3S+. The zero-order valence-electron chi connectivity index (χ0n) is 16.3. The lowest BCUT2D eigenvalue weighted by Gasteiger charge is -2.27. The van der Waals surface area contributed by atoms with Gasteiger partial charge in [-0.25, -0.2) is 0 Å². The molecular weight excluding hydrogens is 388 g/mol. The third-order valence-corrected chi connectivity index (χ3v) is 5.79. The Hall–Kier alpha value is -2.55. The Kier molecular flexibility index (Phi) is 6.33. The van der Waals surface area contributed by atoms with Crippen LogP contribution in [0.4, 0.5) is 0 Å². The highest BCUT2D eigenvalue weighted by atomic mass is 32.1. The molecule has 1 amide bonds. The summed E-state index contributed by atoms with van der Waals surface area (Å²) < 4.78 is 11.2. The van der Waals surface area contributed by atoms with Gasteiger partial charge in [-0.05, 0) is 24.3 Å². The number of ether oxygens (including phenoxy) is 1. The highest BCUT2D eigenvalue weighted by Crippen LogP contribution is 2.23. The summed E-state index contributed by atoms with van der Waals surface area (Å²) >= 11 is 1.56. The van der Waals surface area contributed by atoms with Gasteiger partial charge in [0.25, 0.3) is 17.7 Å². The second-order valence-corrected chi connectivity index (χ2v) is 8.13. The van der Waals surface area contributed by atoms with Gasteiger partial charge in [0.05, 0.1) is 11.5 Å². The highest BCUT2D eigenvalue weighted by molar-refractivity contribution is 7.13. The fourth-order valence-electron chi connectivity index (χ4n) is 3.32. The van der Waals surface area contributed by atoms with Crippen LogP contribution in [0, 0.1) is 0 Å². The number of quaternary nitrogens is 1. The molecule has 1 aromatic carbocycles. The Morgan fingerprint density at radius 1 is 1.28 bits per heavy atom. The van der Waals surface area contributed by atoms with Crippen LogP contribution in [-0.2, 0) is 16.1 Å². The minimum atomic E-state index is -0.371. The van der Waals surface area contributed by atoms with Crippen molar-refractivity contribution in [2.24, 2.45) is 0 Å². The van der Waals surface area contributed by atoms with Crippen molar-refractivity contribution in [1.82, 2.24) is 15.5 Å². The maximum atomic E-state index is 13.1. The summed E-state index contributed by atoms with van der Waals surface area (Å²) in [7, 11) is 1.67. The SMILES string of the molecule is COCC[NH+](Cc1nnc(-c2cccs2)o1)[C@@H](C(=O)NC1CC1)c1ccccc1. The number of carbonyl (C=O) groups is 1. The molecule has 1 unspecified atom stereocenters. The second-order valence-electron chi connectivity index (χ2n) is 7.18. The van der Waals surface area contributed by atoms with Crippen molar-refractivity contribution in [3.63, 3.8) is 0 Å². The standard InChI is InChI=1S/C21H24N4O3S/c1-27-12-11-25(14-18-23-24-21(28-18)17-8-5-13-29-17)19(15-6-3-2-4-7-15)20(26)22-16-9-10-16/h2-8,13,16,19H,9-12,14H2,1H3,(H,22,26)/p+1/t19-/m1/s1. The Bertz CT molecular complexity index is 909. The molecule has 29 heavy (non-hydrogen) atoms. The van der Waals surface area contributed by atoms with Crippen LogP contribution in [0.2, 0.25) is 0 Å². The summed E-state index contributed by atoms with van der Waals surface area (Å²) in [5.74, 6) is 1.06. The van der Waals surface area contributed by atoms with Crippen LogP contribution in [0.1, 0.15) is 30.3 Å². The van der Waals surface area contributed by atoms with E-state index in [4.69, 9.17) is 9.15 Å². The average molecular weight is 414 g/mol. The van der Waals surface area contributed by atoms with Gasteiger partial charge in [0.15, 0.2) is 12.6 Å². The molecule has 2 N–H and O–H groups in total. The molecule has 2 heterocycles. The van der Waals surface area contributed by atoms with Crippen molar-refractivity contribution in [3.05, 3.63) is 59.3 Å². The zero-order chi connectivity index (χ0) is 20.1. The van der Waals surface area contributed by atoms with E-state index in [0.29, 0.717) is 37.5 Å². The number of carbonyl (C=O) groups excluding carboxylic acids is 1. The van der Waals surface area contributed by atoms with E-state index in [9.17, 15) is 4.79 Å². The number of amides is 1. The molecule has 0 bridgehead atoms. The van der Waals surface area contributed by atoms with Gasteiger partial charge < -0.3 is 19.4 Å². The Morgan fingerprint density at radius 3 is 2.79 bits per heavy atom. The van der Waals surface area contributed by atoms with Gasteiger partial charge in [-0.3, -0.25) is 4.79 Å². The van der Waals surface area contributed by atoms with Gasteiger partial charge >= 0.3 is 0 Å². The van der Waals surface area contributed by atoms with Gasteiger partial charge in [0, 0.05) is 18.7 Å². The van der Waals surface area contributed by atoms with Crippen molar-refractivity contribution in [3.8, 4) is 10.8 Å². The smallest absolute Gasteiger partial charge is 0.283 e. The fraction of sp³-hybridized carbons (Fsp3) is 0.381. The Labute approximate surface area is 173 Å². The molecule has 1 aliphatic carbocycles. The molecule has 1 aliphatic rings. The van der Waals surface area contributed by atoms with Crippen LogP contribution in [0.25, 0.3) is 10.8 Å². The van der Waals surface area contributed by atoms with E-state index in [1.807, 2.05) is 47.8 Å². The lowest BCUT2D eigenvalue weighted by molar-refractivity contribution is -0.937. The lowest BCUT2D eigenvalue weighted by atomic mass is 10.0. The number of nitrogens with zero attached hydrogens (tertiary/aromatic N) is 2. The minimum Gasteiger partial charge on any atom is -0.414 e. The third-order valence-electron chi connectivity index (χ3n) is 4.93. The largest absolute Gasteiger partial charge is 0.414 e. The number of rotatable bonds is 10. The third kappa shape index (κ3) is 5.09. The van der Waals surface area contributed by atoms with Crippen LogP contribution >= 0.6 is 11.3 Å². The van der Waals surface area contributed by atoms with Gasteiger partial charge in [-0.2, -0.15) is 0 Å². The number of nitrogens with one attached hydrogen (secondary N) is 2. The van der Waals surface area contributed by atoms with Crippen LogP contribution in [0.5, 0.6) is 0 Å². The van der Waals surface area contributed by atoms with Crippen molar-refractivity contribution in [1.29, 1.82) is 0 Å². The number of aromatic nitrogens is 2. The fourth-order valence-corrected chi connectivity index (χ4v) is 3.96. The normalized spacial score (nSPS) is 15.8. The molecule has 152 valence electrons. The Morgan fingerprint density at radius 2 is 2.10 bits per heavy atom. The predicted molar refractivity (Wildman–Crippen MR) is 109 cm³/mol. The summed E-state index contributed by atoms with van der Waals surface area (Å²) in [6.07, 6.45) is 2.10. The summed E-state index contributed by atoms with van der Waals surface area (Å²) in [6.45, 7) is 1.62. The number of benzene rings is 1. The molecule has 7 nitrogen and oxygen atoms in total. The summed E-state index contributed by atoms with van der Waals surface area (Å²) in [6, 6.07) is 13.7. The molecule has 1 fully saturated rings. The van der Waals surface area contributed by atoms with E-state index in [1.165, 1.54) is 0 Å². The van der Waals surface area contributed by atoms with Gasteiger partial charge in [0.2, 0.25) is 0 Å². The topological polar surface area (TPSA) is 81.7 Å². The van der Waals surface area contributed by atoms with Crippen LogP contribution in [0.3, 0.4) is 0 Å². The van der Waals surface area contributed by atoms with E-state index < -0.39 is 0 Å². The molecule has 0 aliphatic heterocycles. The van der Waals surface area contributed by atoms with Crippen molar-refractivity contribution in [2.45, 2.75) is 31.5 Å². The minimum absolute atomic E-state index is 0.0304. The van der Waals surface area contributed by atoms with Crippen molar-refractivity contribution < 1.29 is 18.8 Å². The van der Waals surface area contributed by atoms with Gasteiger partial charge in [-0.1, -0.05) is 36.4 Å². The average Bonchev–Trinajstić information content (AvgIpc) is 3.20. The van der Waals surface area contributed by atoms with E-state index in [0.717, 1.165) is 28.2 Å². The molecule has 2 aromatic heterocycles. The molecule has 3 aromatic rings. The van der Waals surface area contributed by atoms with Crippen molar-refractivity contribution in [2.75, 3.05) is 20.3 Å². The molecule has 0 radical (unpaired) electrons. The lowest BCUT2D eigenvalue weighted by Crippen LogP contribution is -3.12. The first-order valence-corrected chi connectivity index (χ1v) is 10.7. The maximum absolute atomic E-state index is 13.1. The molecule has 4 rings (SSSR count). The van der Waals surface area contributed by atoms with E-state index in [1.54, 1.807) is 18.4 Å². The predicted octanol–water partition coefficient (Wildman–Crippen LogP) is 1.85. The van der Waals surface area contributed by atoms with E-state index in [2.05, 4.69) is 15.5 Å². The van der Waals surface area contributed by atoms with E-state index in [-0.39, 0.29) is 11.9 Å². The zero-order valence-corrected chi connectivity index (χ0v) is 17.2. The molecule has 0 saturated heterocycles. The molecule has 8 heteroatoms. The quantitative estimate of drug-likeness (QED) is 0.530. The number of hydrogen-bond acceptors (Lipinski definition) is 6. The molecule has 1 saturated carbocycles. The monoisotopic (exact) mass is 413 g/mol. The Balaban J connectivity index is 1.58. The van der Waals surface area contributed by atoms with Gasteiger partial charge in [-0.15, -0.1) is 21.5 Å². The summed E-state index contributed by atoms with van der Waals surface area (Å²) in [4.78, 5) is 15.1. The van der Waals surface area contributed by atoms with E-state index >= 15 is 0 Å². The number of methoxy groups -OCH3 is 1. The maximum Gasteiger partial charge on any atom is 0.283 e. The number of hydrogen-bond donors (Lipinski definition) is 2. The van der Waals surface area contributed by atoms with Crippen LogP contribution in [-0.4, -0.2) is 42.4 Å². The van der Waals surface area contributed by atoms with Crippen molar-refractivity contribution >= 4 is 17.2 Å². The van der Waals surface area contributed by atoms with Crippen LogP contribution in [0.15, 0.2) is 52.3 Å². The summed E-state index contributed by atoms with van der Waals surface area (Å²) in [5.41, 5.74) is 0.967. The first kappa shape index (κ1) is 19.8. The number of thiophene rings is 1. The van der Waals surface area contributed by atoms with Gasteiger partial charge in [0.1, 0.15) is 6.54 Å². The summed E-state index contributed by atoms with van der Waals surface area (Å²) in [5, 5.41) is 13.5. The second kappa shape index (κ2) is 9.30. The van der Waals surface area contributed by atoms with Crippen LogP contribution < -0.4 is 10.2 Å². The molecule has 2 atom stereocenters. The first-order valence-electron chi connectivity index (χ1n) is 9.79.